The van der Waals surface area contributed by atoms with E-state index in [9.17, 15) is 0 Å². The summed E-state index contributed by atoms with van der Waals surface area (Å²) < 4.78 is 16.6. The molecule has 1 aromatic heterocycles. The Morgan fingerprint density at radius 1 is 0.652 bits per heavy atom. The van der Waals surface area contributed by atoms with Crippen LogP contribution >= 0.6 is 0 Å². The van der Waals surface area contributed by atoms with Crippen molar-refractivity contribution in [2.24, 2.45) is 0 Å². The largest absolute Gasteiger partial charge is 0.464 e. The summed E-state index contributed by atoms with van der Waals surface area (Å²) in [5, 5.41) is 0. The average Bonchev–Trinajstić information content (AvgIpc) is 2.57. The molecule has 2 aromatic carbocycles. The topological polar surface area (TPSA) is 66.4 Å². The Morgan fingerprint density at radius 2 is 1.09 bits per heavy atom. The highest BCUT2D eigenvalue weighted by Crippen LogP contribution is 2.24. The Hall–Kier alpha value is -3.15. The van der Waals surface area contributed by atoms with E-state index < -0.39 is 0 Å². The first-order chi connectivity index (χ1) is 11.3. The number of nitrogens with zero attached hydrogens (tertiary/aromatic N) is 3. The summed E-state index contributed by atoms with van der Waals surface area (Å²) in [6, 6.07) is 18.9. The molecule has 3 rings (SSSR count). The second-order valence-electron chi connectivity index (χ2n) is 4.45. The maximum absolute atomic E-state index is 5.62. The number of para-hydroxylation sites is 2. The molecule has 6 nitrogen and oxygen atoms in total. The maximum Gasteiger partial charge on any atom is 0.331 e. The molecule has 0 bridgehead atoms. The lowest BCUT2D eigenvalue weighted by Gasteiger charge is -2.08. The molecule has 6 heteroatoms. The molecule has 0 unspecified atom stereocenters. The molecule has 0 amide bonds. The zero-order chi connectivity index (χ0) is 15.9. The lowest BCUT2D eigenvalue weighted by molar-refractivity contribution is 0.292. The zero-order valence-corrected chi connectivity index (χ0v) is 12.5. The van der Waals surface area contributed by atoms with E-state index in [1.165, 1.54) is 0 Å². The Balaban J connectivity index is 1.86. The van der Waals surface area contributed by atoms with Crippen LogP contribution < -0.4 is 14.2 Å². The summed E-state index contributed by atoms with van der Waals surface area (Å²) in [5.41, 5.74) is 0. The molecule has 116 valence electrons. The van der Waals surface area contributed by atoms with Gasteiger partial charge in [-0.25, -0.2) is 0 Å². The first-order valence-electron chi connectivity index (χ1n) is 7.18. The Kier molecular flexibility index (Phi) is 4.63. The molecule has 0 radical (unpaired) electrons. The van der Waals surface area contributed by atoms with Crippen molar-refractivity contribution >= 4 is 0 Å². The minimum Gasteiger partial charge on any atom is -0.464 e. The third-order valence-electron chi connectivity index (χ3n) is 2.75. The molecular weight excluding hydrogens is 294 g/mol. The molecule has 0 saturated carbocycles. The number of ether oxygens (including phenoxy) is 3. The van der Waals surface area contributed by atoms with Gasteiger partial charge in [0.05, 0.1) is 6.61 Å². The van der Waals surface area contributed by atoms with Gasteiger partial charge in [-0.3, -0.25) is 0 Å². The van der Waals surface area contributed by atoms with Crippen molar-refractivity contribution in [2.45, 2.75) is 6.92 Å². The van der Waals surface area contributed by atoms with Crippen molar-refractivity contribution in [3.63, 3.8) is 0 Å². The van der Waals surface area contributed by atoms with Crippen LogP contribution in [0.3, 0.4) is 0 Å². The van der Waals surface area contributed by atoms with Crippen molar-refractivity contribution in [2.75, 3.05) is 6.61 Å². The SMILES string of the molecule is CCOc1nc(Oc2ccccc2)nc(Oc2ccccc2)n1. The molecule has 0 N–H and O–H groups in total. The van der Waals surface area contributed by atoms with Crippen LogP contribution in [-0.2, 0) is 0 Å². The normalized spacial score (nSPS) is 10.1. The first kappa shape index (κ1) is 14.8. The lowest BCUT2D eigenvalue weighted by atomic mass is 10.3. The van der Waals surface area contributed by atoms with Crippen LogP contribution in [0.4, 0.5) is 0 Å². The molecule has 0 saturated heterocycles. The Morgan fingerprint density at radius 3 is 1.52 bits per heavy atom. The van der Waals surface area contributed by atoms with Crippen molar-refractivity contribution in [3.05, 3.63) is 60.7 Å². The summed E-state index contributed by atoms with van der Waals surface area (Å²) in [4.78, 5) is 12.4. The minimum atomic E-state index is 0.112. The minimum absolute atomic E-state index is 0.112. The van der Waals surface area contributed by atoms with Crippen molar-refractivity contribution < 1.29 is 14.2 Å². The lowest BCUT2D eigenvalue weighted by Crippen LogP contribution is -2.03. The average molecular weight is 309 g/mol. The smallest absolute Gasteiger partial charge is 0.331 e. The molecule has 0 aliphatic rings. The highest BCUT2D eigenvalue weighted by Gasteiger charge is 2.11. The molecule has 3 aromatic rings. The number of hydrogen-bond acceptors (Lipinski definition) is 6. The van der Waals surface area contributed by atoms with E-state index in [1.54, 1.807) is 0 Å². The van der Waals surface area contributed by atoms with Crippen LogP contribution in [0, 0.1) is 0 Å². The fourth-order valence-corrected chi connectivity index (χ4v) is 1.79. The molecule has 0 aliphatic carbocycles. The summed E-state index contributed by atoms with van der Waals surface area (Å²) in [6.07, 6.45) is 0. The number of rotatable bonds is 6. The van der Waals surface area contributed by atoms with E-state index in [0.29, 0.717) is 18.1 Å². The van der Waals surface area contributed by atoms with Crippen LogP contribution in [0.15, 0.2) is 60.7 Å². The van der Waals surface area contributed by atoms with E-state index in [0.717, 1.165) is 0 Å². The molecule has 0 spiro atoms. The molecule has 0 fully saturated rings. The van der Waals surface area contributed by atoms with Gasteiger partial charge in [0, 0.05) is 0 Å². The standard InChI is InChI=1S/C17H15N3O3/c1-2-21-15-18-16(22-13-9-5-3-6-10-13)20-17(19-15)23-14-11-7-4-8-12-14/h3-12H,2H2,1H3. The van der Waals surface area contributed by atoms with Gasteiger partial charge in [0.15, 0.2) is 0 Å². The molecule has 0 aliphatic heterocycles. The van der Waals surface area contributed by atoms with Crippen LogP contribution in [0.25, 0.3) is 0 Å². The second-order valence-corrected chi connectivity index (χ2v) is 4.45. The van der Waals surface area contributed by atoms with Crippen molar-refractivity contribution in [3.8, 4) is 29.5 Å². The fourth-order valence-electron chi connectivity index (χ4n) is 1.79. The van der Waals surface area contributed by atoms with E-state index in [2.05, 4.69) is 15.0 Å². The van der Waals surface area contributed by atoms with E-state index in [-0.39, 0.29) is 18.0 Å². The van der Waals surface area contributed by atoms with Crippen LogP contribution in [0.2, 0.25) is 0 Å². The predicted molar refractivity (Wildman–Crippen MR) is 84.0 cm³/mol. The van der Waals surface area contributed by atoms with Gasteiger partial charge in [-0.1, -0.05) is 36.4 Å². The number of aromatic nitrogens is 3. The molecule has 0 atom stereocenters. The van der Waals surface area contributed by atoms with Gasteiger partial charge in [0.25, 0.3) is 0 Å². The highest BCUT2D eigenvalue weighted by molar-refractivity contribution is 5.27. The number of benzene rings is 2. The van der Waals surface area contributed by atoms with Gasteiger partial charge in [-0.2, -0.15) is 0 Å². The second kappa shape index (κ2) is 7.22. The molecule has 1 heterocycles. The monoisotopic (exact) mass is 309 g/mol. The maximum atomic E-state index is 5.62. The zero-order valence-electron chi connectivity index (χ0n) is 12.5. The predicted octanol–water partition coefficient (Wildman–Crippen LogP) is 3.85. The van der Waals surface area contributed by atoms with Gasteiger partial charge in [0.2, 0.25) is 0 Å². The number of hydrogen-bond donors (Lipinski definition) is 0. The molecule has 23 heavy (non-hydrogen) atoms. The summed E-state index contributed by atoms with van der Waals surface area (Å²) in [5.74, 6) is 1.23. The van der Waals surface area contributed by atoms with Crippen LogP contribution in [-0.4, -0.2) is 21.6 Å². The Bertz CT molecular complexity index is 692. The quantitative estimate of drug-likeness (QED) is 0.689. The van der Waals surface area contributed by atoms with E-state index in [1.807, 2.05) is 67.6 Å². The van der Waals surface area contributed by atoms with Gasteiger partial charge in [0.1, 0.15) is 11.5 Å². The molecular formula is C17H15N3O3. The van der Waals surface area contributed by atoms with E-state index >= 15 is 0 Å². The Labute approximate surface area is 133 Å². The summed E-state index contributed by atoms with van der Waals surface area (Å²) >= 11 is 0. The van der Waals surface area contributed by atoms with E-state index in [4.69, 9.17) is 14.2 Å². The van der Waals surface area contributed by atoms with Gasteiger partial charge < -0.3 is 14.2 Å². The van der Waals surface area contributed by atoms with Gasteiger partial charge in [-0.05, 0) is 31.2 Å². The highest BCUT2D eigenvalue weighted by atomic mass is 16.5. The van der Waals surface area contributed by atoms with Crippen LogP contribution in [0.5, 0.6) is 29.5 Å². The third-order valence-corrected chi connectivity index (χ3v) is 2.75. The van der Waals surface area contributed by atoms with Gasteiger partial charge >= 0.3 is 18.0 Å². The van der Waals surface area contributed by atoms with Crippen molar-refractivity contribution in [1.29, 1.82) is 0 Å². The van der Waals surface area contributed by atoms with Crippen molar-refractivity contribution in [1.82, 2.24) is 15.0 Å². The summed E-state index contributed by atoms with van der Waals surface area (Å²) in [6.45, 7) is 2.28. The van der Waals surface area contributed by atoms with Crippen LogP contribution in [0.1, 0.15) is 6.92 Å². The summed E-state index contributed by atoms with van der Waals surface area (Å²) in [7, 11) is 0. The third kappa shape index (κ3) is 4.16. The van der Waals surface area contributed by atoms with Gasteiger partial charge in [-0.15, -0.1) is 15.0 Å². The fraction of sp³-hybridized carbons (Fsp3) is 0.118. The first-order valence-corrected chi connectivity index (χ1v) is 7.18.